The van der Waals surface area contributed by atoms with Crippen LogP contribution in [0.1, 0.15) is 11.4 Å². The van der Waals surface area contributed by atoms with E-state index >= 15 is 0 Å². The number of hydrogen-bond donors (Lipinski definition) is 2. The van der Waals surface area contributed by atoms with Crippen LogP contribution in [-0.2, 0) is 10.0 Å². The Morgan fingerprint density at radius 1 is 0.923 bits per heavy atom. The maximum absolute atomic E-state index is 12.4. The first-order chi connectivity index (χ1) is 12.3. The van der Waals surface area contributed by atoms with E-state index in [9.17, 15) is 8.42 Å². The van der Waals surface area contributed by atoms with Gasteiger partial charge in [0.25, 0.3) is 10.0 Å². The number of benzene rings is 1. The molecule has 0 saturated heterocycles. The van der Waals surface area contributed by atoms with E-state index in [1.54, 1.807) is 12.1 Å². The molecule has 0 aliphatic rings. The highest BCUT2D eigenvalue weighted by atomic mass is 35.5. The van der Waals surface area contributed by atoms with Crippen molar-refractivity contribution in [3.8, 4) is 0 Å². The van der Waals surface area contributed by atoms with Gasteiger partial charge in [-0.3, -0.25) is 4.72 Å². The fourth-order valence-corrected chi connectivity index (χ4v) is 3.29. The molecule has 0 atom stereocenters. The van der Waals surface area contributed by atoms with Gasteiger partial charge in [-0.1, -0.05) is 11.6 Å². The van der Waals surface area contributed by atoms with Crippen molar-refractivity contribution >= 4 is 39.1 Å². The standard InChI is InChI=1S/C16H15ClN6O2S/c1-10-9-11(2)19-16(18-10)20-12-3-5-13(6-4-12)26(24,25)23-15-8-7-14(17)21-22-15/h3-9H,1-2H3,(H,22,23)(H,18,19,20). The average molecular weight is 391 g/mol. The average Bonchev–Trinajstić information content (AvgIpc) is 2.56. The van der Waals surface area contributed by atoms with Crippen LogP contribution in [0.2, 0.25) is 5.15 Å². The molecule has 0 amide bonds. The smallest absolute Gasteiger partial charge is 0.263 e. The fraction of sp³-hybridized carbons (Fsp3) is 0.125. The Morgan fingerprint density at radius 2 is 1.58 bits per heavy atom. The molecule has 3 rings (SSSR count). The highest BCUT2D eigenvalue weighted by Gasteiger charge is 2.15. The summed E-state index contributed by atoms with van der Waals surface area (Å²) in [7, 11) is -3.78. The monoisotopic (exact) mass is 390 g/mol. The fourth-order valence-electron chi connectivity index (χ4n) is 2.20. The molecule has 0 unspecified atom stereocenters. The molecule has 2 heterocycles. The lowest BCUT2D eigenvalue weighted by Crippen LogP contribution is -2.14. The van der Waals surface area contributed by atoms with Crippen LogP contribution in [0.25, 0.3) is 0 Å². The van der Waals surface area contributed by atoms with E-state index in [1.165, 1.54) is 24.3 Å². The molecule has 1 aromatic carbocycles. The van der Waals surface area contributed by atoms with Crippen molar-refractivity contribution in [1.29, 1.82) is 0 Å². The van der Waals surface area contributed by atoms with E-state index in [1.807, 2.05) is 19.9 Å². The third-order valence-corrected chi connectivity index (χ3v) is 4.85. The molecule has 0 fully saturated rings. The van der Waals surface area contributed by atoms with E-state index < -0.39 is 10.0 Å². The zero-order valence-electron chi connectivity index (χ0n) is 13.9. The van der Waals surface area contributed by atoms with Crippen LogP contribution >= 0.6 is 11.6 Å². The van der Waals surface area contributed by atoms with Gasteiger partial charge in [0.15, 0.2) is 11.0 Å². The van der Waals surface area contributed by atoms with E-state index in [-0.39, 0.29) is 15.9 Å². The summed E-state index contributed by atoms with van der Waals surface area (Å²) < 4.78 is 27.1. The van der Waals surface area contributed by atoms with Gasteiger partial charge >= 0.3 is 0 Å². The van der Waals surface area contributed by atoms with Crippen LogP contribution in [0, 0.1) is 13.8 Å². The molecule has 0 aliphatic carbocycles. The van der Waals surface area contributed by atoms with Gasteiger partial charge in [0.1, 0.15) is 0 Å². The number of halogens is 1. The SMILES string of the molecule is Cc1cc(C)nc(Nc2ccc(S(=O)(=O)Nc3ccc(Cl)nn3)cc2)n1. The zero-order valence-corrected chi connectivity index (χ0v) is 15.5. The van der Waals surface area contributed by atoms with Crippen molar-refractivity contribution in [3.63, 3.8) is 0 Å². The molecular formula is C16H15ClN6O2S. The molecule has 134 valence electrons. The van der Waals surface area contributed by atoms with Crippen LogP contribution < -0.4 is 10.0 Å². The normalized spacial score (nSPS) is 11.2. The number of aromatic nitrogens is 4. The summed E-state index contributed by atoms with van der Waals surface area (Å²) in [5.41, 5.74) is 2.35. The summed E-state index contributed by atoms with van der Waals surface area (Å²) in [6, 6.07) is 10.9. The summed E-state index contributed by atoms with van der Waals surface area (Å²) >= 11 is 5.64. The lowest BCUT2D eigenvalue weighted by molar-refractivity contribution is 0.601. The maximum Gasteiger partial charge on any atom is 0.263 e. The van der Waals surface area contributed by atoms with Crippen LogP contribution in [0.5, 0.6) is 0 Å². The number of anilines is 3. The Hall–Kier alpha value is -2.78. The lowest BCUT2D eigenvalue weighted by atomic mass is 10.3. The minimum Gasteiger partial charge on any atom is -0.324 e. The first kappa shape index (κ1) is 18.0. The lowest BCUT2D eigenvalue weighted by Gasteiger charge is -2.09. The molecule has 0 spiro atoms. The van der Waals surface area contributed by atoms with Crippen molar-refractivity contribution in [1.82, 2.24) is 20.2 Å². The van der Waals surface area contributed by atoms with Crippen molar-refractivity contribution in [2.45, 2.75) is 18.7 Å². The summed E-state index contributed by atoms with van der Waals surface area (Å²) in [6.07, 6.45) is 0. The van der Waals surface area contributed by atoms with Crippen molar-refractivity contribution in [3.05, 3.63) is 59.0 Å². The minimum absolute atomic E-state index is 0.0836. The zero-order chi connectivity index (χ0) is 18.7. The number of aryl methyl sites for hydroxylation is 2. The Morgan fingerprint density at radius 3 is 2.15 bits per heavy atom. The van der Waals surface area contributed by atoms with Crippen molar-refractivity contribution < 1.29 is 8.42 Å². The highest BCUT2D eigenvalue weighted by Crippen LogP contribution is 2.19. The Balaban J connectivity index is 1.76. The van der Waals surface area contributed by atoms with Gasteiger partial charge in [-0.05, 0) is 56.3 Å². The number of rotatable bonds is 5. The first-order valence-electron chi connectivity index (χ1n) is 7.53. The second kappa shape index (κ2) is 7.22. The molecule has 10 heteroatoms. The molecule has 0 aliphatic heterocycles. The minimum atomic E-state index is -3.78. The van der Waals surface area contributed by atoms with E-state index in [2.05, 4.69) is 30.2 Å². The maximum atomic E-state index is 12.4. The quantitative estimate of drug-likeness (QED) is 0.688. The van der Waals surface area contributed by atoms with E-state index in [4.69, 9.17) is 11.6 Å². The predicted molar refractivity (Wildman–Crippen MR) is 99.1 cm³/mol. The van der Waals surface area contributed by atoms with Crippen LogP contribution in [0.3, 0.4) is 0 Å². The third kappa shape index (κ3) is 4.44. The number of sulfonamides is 1. The Labute approximate surface area is 155 Å². The summed E-state index contributed by atoms with van der Waals surface area (Å²) in [6.45, 7) is 3.75. The predicted octanol–water partition coefficient (Wildman–Crippen LogP) is 3.08. The van der Waals surface area contributed by atoms with Gasteiger partial charge in [0.05, 0.1) is 4.90 Å². The van der Waals surface area contributed by atoms with Gasteiger partial charge in [-0.25, -0.2) is 18.4 Å². The topological polar surface area (TPSA) is 110 Å². The molecule has 8 nitrogen and oxygen atoms in total. The van der Waals surface area contributed by atoms with Crippen LogP contribution in [0.4, 0.5) is 17.5 Å². The van der Waals surface area contributed by atoms with Crippen molar-refractivity contribution in [2.75, 3.05) is 10.0 Å². The highest BCUT2D eigenvalue weighted by molar-refractivity contribution is 7.92. The van der Waals surface area contributed by atoms with E-state index in [0.717, 1.165) is 11.4 Å². The van der Waals surface area contributed by atoms with Gasteiger partial charge < -0.3 is 5.32 Å². The molecule has 2 N–H and O–H groups in total. The van der Waals surface area contributed by atoms with Gasteiger partial charge in [0, 0.05) is 17.1 Å². The summed E-state index contributed by atoms with van der Waals surface area (Å²) in [4.78, 5) is 8.65. The molecule has 0 radical (unpaired) electrons. The summed E-state index contributed by atoms with van der Waals surface area (Å²) in [5.74, 6) is 0.535. The second-order valence-electron chi connectivity index (χ2n) is 5.47. The van der Waals surface area contributed by atoms with Gasteiger partial charge in [-0.15, -0.1) is 10.2 Å². The summed E-state index contributed by atoms with van der Waals surface area (Å²) in [5, 5.41) is 10.5. The Bertz CT molecular complexity index is 1000. The van der Waals surface area contributed by atoms with Crippen LogP contribution in [0.15, 0.2) is 47.4 Å². The van der Waals surface area contributed by atoms with Gasteiger partial charge in [0.2, 0.25) is 5.95 Å². The van der Waals surface area contributed by atoms with Gasteiger partial charge in [-0.2, -0.15) is 0 Å². The van der Waals surface area contributed by atoms with Crippen LogP contribution in [-0.4, -0.2) is 28.6 Å². The largest absolute Gasteiger partial charge is 0.324 e. The molecule has 26 heavy (non-hydrogen) atoms. The molecule has 0 bridgehead atoms. The second-order valence-corrected chi connectivity index (χ2v) is 7.54. The number of nitrogens with one attached hydrogen (secondary N) is 2. The molecule has 3 aromatic rings. The molecule has 0 saturated carbocycles. The van der Waals surface area contributed by atoms with Crippen molar-refractivity contribution in [2.24, 2.45) is 0 Å². The molecular weight excluding hydrogens is 376 g/mol. The first-order valence-corrected chi connectivity index (χ1v) is 9.39. The number of hydrogen-bond acceptors (Lipinski definition) is 7. The number of nitrogens with zero attached hydrogens (tertiary/aromatic N) is 4. The third-order valence-electron chi connectivity index (χ3n) is 3.27. The molecule has 2 aromatic heterocycles. The Kier molecular flexibility index (Phi) is 5.01. The van der Waals surface area contributed by atoms with E-state index in [0.29, 0.717) is 11.6 Å².